The SMILES string of the molecule is C[C@@H]1NC[C@@H](c2ccccc2)S(=O)(=O)C1Cc1cc(F)c(C2(OCC(N)=O)COC2)cc1F. The van der Waals surface area contributed by atoms with Crippen LogP contribution in [0.2, 0.25) is 0 Å². The van der Waals surface area contributed by atoms with Gasteiger partial charge in [-0.3, -0.25) is 4.79 Å². The number of sulfone groups is 1. The Hall–Kier alpha value is -2.40. The van der Waals surface area contributed by atoms with E-state index in [4.69, 9.17) is 15.2 Å². The second-order valence-electron chi connectivity index (χ2n) is 8.59. The number of benzene rings is 2. The van der Waals surface area contributed by atoms with Crippen LogP contribution >= 0.6 is 0 Å². The highest BCUT2D eigenvalue weighted by atomic mass is 32.2. The van der Waals surface area contributed by atoms with E-state index in [0.717, 1.165) is 12.1 Å². The third-order valence-electron chi connectivity index (χ3n) is 6.38. The predicted octanol–water partition coefficient (Wildman–Crippen LogP) is 1.75. The monoisotopic (exact) mass is 480 g/mol. The Labute approximate surface area is 191 Å². The number of halogens is 2. The zero-order valence-electron chi connectivity index (χ0n) is 18.1. The summed E-state index contributed by atoms with van der Waals surface area (Å²) in [6, 6.07) is 10.4. The first-order valence-corrected chi connectivity index (χ1v) is 12.2. The Balaban J connectivity index is 1.62. The van der Waals surface area contributed by atoms with E-state index in [-0.39, 0.29) is 37.3 Å². The van der Waals surface area contributed by atoms with Crippen molar-refractivity contribution < 1.29 is 31.5 Å². The molecule has 3 atom stereocenters. The Bertz CT molecular complexity index is 1140. The van der Waals surface area contributed by atoms with Gasteiger partial charge in [0.25, 0.3) is 0 Å². The fourth-order valence-electron chi connectivity index (χ4n) is 4.43. The summed E-state index contributed by atoms with van der Waals surface area (Å²) in [5, 5.41) is 1.48. The van der Waals surface area contributed by atoms with Crippen molar-refractivity contribution in [2.75, 3.05) is 26.4 Å². The molecule has 2 fully saturated rings. The van der Waals surface area contributed by atoms with Crippen LogP contribution in [0.25, 0.3) is 0 Å². The van der Waals surface area contributed by atoms with E-state index < -0.39 is 56.1 Å². The minimum atomic E-state index is -3.69. The lowest BCUT2D eigenvalue weighted by Gasteiger charge is -2.41. The normalized spacial score (nSPS) is 25.8. The summed E-state index contributed by atoms with van der Waals surface area (Å²) in [6.07, 6.45) is -0.186. The highest BCUT2D eigenvalue weighted by Gasteiger charge is 2.46. The second-order valence-corrected chi connectivity index (χ2v) is 10.9. The van der Waals surface area contributed by atoms with Gasteiger partial charge in [-0.15, -0.1) is 0 Å². The summed E-state index contributed by atoms with van der Waals surface area (Å²) in [6.45, 7) is 1.42. The van der Waals surface area contributed by atoms with E-state index in [0.29, 0.717) is 5.56 Å². The molecule has 33 heavy (non-hydrogen) atoms. The van der Waals surface area contributed by atoms with Crippen LogP contribution in [0.1, 0.15) is 28.9 Å². The molecule has 0 bridgehead atoms. The maximum Gasteiger partial charge on any atom is 0.243 e. The molecule has 1 amide bonds. The van der Waals surface area contributed by atoms with Crippen LogP contribution in [0, 0.1) is 11.6 Å². The van der Waals surface area contributed by atoms with Gasteiger partial charge in [-0.05, 0) is 36.6 Å². The summed E-state index contributed by atoms with van der Waals surface area (Å²) in [4.78, 5) is 11.1. The van der Waals surface area contributed by atoms with Gasteiger partial charge in [0.2, 0.25) is 5.91 Å². The fraction of sp³-hybridized carbons (Fsp3) is 0.435. The molecule has 2 saturated heterocycles. The molecule has 2 aliphatic heterocycles. The zero-order valence-corrected chi connectivity index (χ0v) is 18.9. The van der Waals surface area contributed by atoms with Crippen molar-refractivity contribution >= 4 is 15.7 Å². The molecule has 0 saturated carbocycles. The van der Waals surface area contributed by atoms with Crippen LogP contribution in [-0.4, -0.2) is 52.0 Å². The number of primary amides is 1. The first kappa shape index (κ1) is 23.7. The van der Waals surface area contributed by atoms with Gasteiger partial charge in [0.05, 0.1) is 23.7 Å². The number of nitrogens with two attached hydrogens (primary N) is 1. The number of carbonyl (C=O) groups is 1. The molecule has 0 spiro atoms. The lowest BCUT2D eigenvalue weighted by molar-refractivity contribution is -0.217. The molecular formula is C23H26F2N2O5S. The van der Waals surface area contributed by atoms with Gasteiger partial charge in [0, 0.05) is 18.2 Å². The fourth-order valence-corrected chi connectivity index (χ4v) is 6.79. The molecule has 2 aromatic carbocycles. The summed E-state index contributed by atoms with van der Waals surface area (Å²) in [7, 11) is -3.69. The molecule has 3 N–H and O–H groups in total. The number of hydrogen-bond acceptors (Lipinski definition) is 6. The second kappa shape index (κ2) is 9.09. The average Bonchev–Trinajstić information content (AvgIpc) is 2.73. The third-order valence-corrected chi connectivity index (χ3v) is 9.03. The van der Waals surface area contributed by atoms with E-state index in [2.05, 4.69) is 5.32 Å². The Kier molecular flexibility index (Phi) is 6.54. The highest BCUT2D eigenvalue weighted by Crippen LogP contribution is 2.38. The van der Waals surface area contributed by atoms with Gasteiger partial charge in [0.15, 0.2) is 9.84 Å². The number of nitrogens with one attached hydrogen (secondary N) is 1. The van der Waals surface area contributed by atoms with Crippen LogP contribution in [0.15, 0.2) is 42.5 Å². The smallest absolute Gasteiger partial charge is 0.243 e. The molecule has 4 rings (SSSR count). The van der Waals surface area contributed by atoms with Crippen molar-refractivity contribution in [3.05, 3.63) is 70.8 Å². The average molecular weight is 481 g/mol. The number of hydrogen-bond donors (Lipinski definition) is 2. The summed E-state index contributed by atoms with van der Waals surface area (Å²) >= 11 is 0. The van der Waals surface area contributed by atoms with Crippen molar-refractivity contribution in [1.29, 1.82) is 0 Å². The van der Waals surface area contributed by atoms with Crippen LogP contribution in [0.4, 0.5) is 8.78 Å². The van der Waals surface area contributed by atoms with Crippen LogP contribution < -0.4 is 11.1 Å². The quantitative estimate of drug-likeness (QED) is 0.625. The molecule has 178 valence electrons. The van der Waals surface area contributed by atoms with Crippen LogP contribution in [0.5, 0.6) is 0 Å². The summed E-state index contributed by atoms with van der Waals surface area (Å²) < 4.78 is 67.6. The topological polar surface area (TPSA) is 108 Å². The van der Waals surface area contributed by atoms with Crippen molar-refractivity contribution in [2.24, 2.45) is 5.73 Å². The number of rotatable bonds is 7. The van der Waals surface area contributed by atoms with Crippen molar-refractivity contribution in [3.63, 3.8) is 0 Å². The van der Waals surface area contributed by atoms with E-state index in [9.17, 15) is 13.2 Å². The number of amides is 1. The summed E-state index contributed by atoms with van der Waals surface area (Å²) in [5.74, 6) is -2.24. The molecule has 0 radical (unpaired) electrons. The molecule has 10 heteroatoms. The Morgan fingerprint density at radius 3 is 2.52 bits per heavy atom. The van der Waals surface area contributed by atoms with Gasteiger partial charge in [-0.25, -0.2) is 17.2 Å². The van der Waals surface area contributed by atoms with Crippen molar-refractivity contribution in [2.45, 2.75) is 35.5 Å². The molecule has 2 heterocycles. The third kappa shape index (κ3) is 4.52. The van der Waals surface area contributed by atoms with Gasteiger partial charge in [-0.2, -0.15) is 0 Å². The first-order chi connectivity index (χ1) is 15.6. The van der Waals surface area contributed by atoms with Gasteiger partial charge in [-0.1, -0.05) is 30.3 Å². The molecule has 0 aliphatic carbocycles. The highest BCUT2D eigenvalue weighted by molar-refractivity contribution is 7.92. The molecule has 2 aromatic rings. The minimum Gasteiger partial charge on any atom is -0.375 e. The molecule has 1 unspecified atom stereocenters. The lowest BCUT2D eigenvalue weighted by Crippen LogP contribution is -2.53. The van der Waals surface area contributed by atoms with E-state index in [1.54, 1.807) is 37.3 Å². The van der Waals surface area contributed by atoms with Gasteiger partial charge >= 0.3 is 0 Å². The van der Waals surface area contributed by atoms with Crippen LogP contribution in [-0.2, 0) is 36.1 Å². The number of ether oxygens (including phenoxy) is 2. The van der Waals surface area contributed by atoms with Gasteiger partial charge in [0.1, 0.15) is 23.8 Å². The largest absolute Gasteiger partial charge is 0.375 e. The zero-order chi connectivity index (χ0) is 23.8. The van der Waals surface area contributed by atoms with Gasteiger partial charge < -0.3 is 20.5 Å². The molecule has 2 aliphatic rings. The standard InChI is InChI=1S/C23H26F2N2O5S/c1-14-20(33(29,30)21(10-27-14)15-5-3-2-4-6-15)8-16-7-19(25)17(9-18(16)24)23(12-31-13-23)32-11-22(26)28/h2-7,9,14,20-21,27H,8,10-13H2,1H3,(H2,26,28)/t14-,20?,21-/m0/s1. The minimum absolute atomic E-state index is 0.0440. The maximum absolute atomic E-state index is 15.1. The predicted molar refractivity (Wildman–Crippen MR) is 117 cm³/mol. The Morgan fingerprint density at radius 2 is 1.91 bits per heavy atom. The molecule has 7 nitrogen and oxygen atoms in total. The lowest BCUT2D eigenvalue weighted by atomic mass is 9.89. The Morgan fingerprint density at radius 1 is 1.21 bits per heavy atom. The molecule has 0 aromatic heterocycles. The van der Waals surface area contributed by atoms with E-state index in [1.165, 1.54) is 0 Å². The first-order valence-electron chi connectivity index (χ1n) is 10.6. The van der Waals surface area contributed by atoms with E-state index in [1.807, 2.05) is 0 Å². The van der Waals surface area contributed by atoms with Crippen LogP contribution in [0.3, 0.4) is 0 Å². The van der Waals surface area contributed by atoms with Crippen molar-refractivity contribution in [3.8, 4) is 0 Å². The maximum atomic E-state index is 15.1. The van der Waals surface area contributed by atoms with Crippen molar-refractivity contribution in [1.82, 2.24) is 5.32 Å². The molecular weight excluding hydrogens is 454 g/mol. The van der Waals surface area contributed by atoms with E-state index >= 15 is 8.78 Å². The number of carbonyl (C=O) groups excluding carboxylic acids is 1. The summed E-state index contributed by atoms with van der Waals surface area (Å²) in [5.41, 5.74) is 4.33.